The summed E-state index contributed by atoms with van der Waals surface area (Å²) < 4.78 is 0.691. The van der Waals surface area contributed by atoms with Gasteiger partial charge < -0.3 is 9.80 Å². The molecule has 2 rings (SSSR count). The molecule has 0 unspecified atom stereocenters. The van der Waals surface area contributed by atoms with Gasteiger partial charge in [0.1, 0.15) is 4.32 Å². The second-order valence-corrected chi connectivity index (χ2v) is 5.28. The van der Waals surface area contributed by atoms with Crippen LogP contribution in [0.2, 0.25) is 5.02 Å². The van der Waals surface area contributed by atoms with E-state index in [2.05, 4.69) is 34.6 Å². The van der Waals surface area contributed by atoms with Crippen LogP contribution in [0.3, 0.4) is 0 Å². The van der Waals surface area contributed by atoms with E-state index in [1.54, 1.807) is 0 Å². The Morgan fingerprint density at radius 3 is 2.19 bits per heavy atom. The third-order valence-corrected chi connectivity index (χ3v) is 3.53. The lowest BCUT2D eigenvalue weighted by atomic mass is 10.2. The fourth-order valence-corrected chi connectivity index (χ4v) is 2.32. The van der Waals surface area contributed by atoms with Crippen LogP contribution in [-0.2, 0) is 0 Å². The van der Waals surface area contributed by atoms with Crippen LogP contribution in [0.15, 0.2) is 24.3 Å². The third-order valence-electron chi connectivity index (χ3n) is 2.74. The van der Waals surface area contributed by atoms with E-state index in [1.807, 2.05) is 12.1 Å². The van der Waals surface area contributed by atoms with Crippen molar-refractivity contribution in [1.82, 2.24) is 4.90 Å². The second-order valence-electron chi connectivity index (χ2n) is 3.73. The topological polar surface area (TPSA) is 6.48 Å². The molecule has 0 radical (unpaired) electrons. The van der Waals surface area contributed by atoms with Crippen molar-refractivity contribution in [2.24, 2.45) is 0 Å². The van der Waals surface area contributed by atoms with Gasteiger partial charge in [-0.1, -0.05) is 23.8 Å². The van der Waals surface area contributed by atoms with Gasteiger partial charge in [-0.15, -0.1) is 12.6 Å². The van der Waals surface area contributed by atoms with Crippen molar-refractivity contribution in [2.45, 2.75) is 0 Å². The summed E-state index contributed by atoms with van der Waals surface area (Å²) in [5, 5.41) is 0.777. The van der Waals surface area contributed by atoms with Gasteiger partial charge in [-0.2, -0.15) is 0 Å². The monoisotopic (exact) mass is 272 g/mol. The normalized spacial score (nSPS) is 16.4. The van der Waals surface area contributed by atoms with Crippen LogP contribution in [0, 0.1) is 0 Å². The van der Waals surface area contributed by atoms with Crippen LogP contribution in [0.5, 0.6) is 0 Å². The molecule has 1 aromatic rings. The first-order valence-electron chi connectivity index (χ1n) is 5.15. The Morgan fingerprint density at radius 1 is 1.12 bits per heavy atom. The highest BCUT2D eigenvalue weighted by Crippen LogP contribution is 2.19. The van der Waals surface area contributed by atoms with E-state index in [0.717, 1.165) is 31.2 Å². The maximum atomic E-state index is 5.86. The second kappa shape index (κ2) is 5.25. The van der Waals surface area contributed by atoms with Crippen LogP contribution >= 0.6 is 36.4 Å². The third kappa shape index (κ3) is 2.81. The van der Waals surface area contributed by atoms with Crippen LogP contribution < -0.4 is 4.90 Å². The van der Waals surface area contributed by atoms with Gasteiger partial charge in [0, 0.05) is 36.9 Å². The summed E-state index contributed by atoms with van der Waals surface area (Å²) in [5.41, 5.74) is 1.22. The van der Waals surface area contributed by atoms with Crippen LogP contribution in [0.4, 0.5) is 5.69 Å². The quantitative estimate of drug-likeness (QED) is 0.621. The molecule has 5 heteroatoms. The Balaban J connectivity index is 1.99. The Hall–Kier alpha value is -0.450. The summed E-state index contributed by atoms with van der Waals surface area (Å²) in [6.45, 7) is 3.82. The maximum absolute atomic E-state index is 5.86. The molecular formula is C11H13ClN2S2. The van der Waals surface area contributed by atoms with Crippen LogP contribution in [-0.4, -0.2) is 35.4 Å². The summed E-state index contributed by atoms with van der Waals surface area (Å²) in [4.78, 5) is 4.45. The van der Waals surface area contributed by atoms with Gasteiger partial charge >= 0.3 is 0 Å². The zero-order valence-electron chi connectivity index (χ0n) is 8.77. The molecule has 0 spiro atoms. The number of thiol groups is 1. The molecule has 1 fully saturated rings. The molecule has 1 saturated heterocycles. The summed E-state index contributed by atoms with van der Waals surface area (Å²) in [6, 6.07) is 7.95. The molecule has 0 amide bonds. The average Bonchev–Trinajstić information content (AvgIpc) is 2.30. The highest BCUT2D eigenvalue weighted by Gasteiger charge is 2.17. The number of hydrogen-bond acceptors (Lipinski definition) is 2. The van der Waals surface area contributed by atoms with E-state index in [4.69, 9.17) is 23.8 Å². The number of nitrogens with zero attached hydrogens (tertiary/aromatic N) is 2. The van der Waals surface area contributed by atoms with Crippen molar-refractivity contribution < 1.29 is 0 Å². The molecule has 0 N–H and O–H groups in total. The molecule has 1 aliphatic rings. The summed E-state index contributed by atoms with van der Waals surface area (Å²) in [5.74, 6) is 0. The zero-order chi connectivity index (χ0) is 11.5. The SMILES string of the molecule is S=C(S)N1CCN(c2ccc(Cl)cc2)CC1. The molecule has 0 aliphatic carbocycles. The molecule has 1 aromatic carbocycles. The number of rotatable bonds is 1. The van der Waals surface area contributed by atoms with E-state index in [0.29, 0.717) is 4.32 Å². The number of anilines is 1. The number of piperazine rings is 1. The smallest absolute Gasteiger partial charge is 0.133 e. The first-order valence-corrected chi connectivity index (χ1v) is 6.38. The molecule has 0 bridgehead atoms. The predicted octanol–water partition coefficient (Wildman–Crippen LogP) is 2.68. The van der Waals surface area contributed by atoms with E-state index >= 15 is 0 Å². The van der Waals surface area contributed by atoms with Crippen molar-refractivity contribution in [3.8, 4) is 0 Å². The molecule has 0 saturated carbocycles. The minimum atomic E-state index is 0.691. The molecule has 1 aliphatic heterocycles. The maximum Gasteiger partial charge on any atom is 0.133 e. The fraction of sp³-hybridized carbons (Fsp3) is 0.364. The lowest BCUT2D eigenvalue weighted by Gasteiger charge is -2.36. The fourth-order valence-electron chi connectivity index (χ4n) is 1.81. The highest BCUT2D eigenvalue weighted by molar-refractivity contribution is 8.10. The van der Waals surface area contributed by atoms with E-state index < -0.39 is 0 Å². The lowest BCUT2D eigenvalue weighted by Crippen LogP contribution is -2.47. The largest absolute Gasteiger partial charge is 0.368 e. The molecule has 86 valence electrons. The van der Waals surface area contributed by atoms with Gasteiger partial charge in [0.15, 0.2) is 0 Å². The number of halogens is 1. The van der Waals surface area contributed by atoms with E-state index in [9.17, 15) is 0 Å². The lowest BCUT2D eigenvalue weighted by molar-refractivity contribution is 0.398. The summed E-state index contributed by atoms with van der Waals surface area (Å²) >= 11 is 15.1. The van der Waals surface area contributed by atoms with E-state index in [-0.39, 0.29) is 0 Å². The first-order chi connectivity index (χ1) is 7.66. The van der Waals surface area contributed by atoms with Gasteiger partial charge in [-0.3, -0.25) is 0 Å². The van der Waals surface area contributed by atoms with Gasteiger partial charge in [-0.05, 0) is 24.3 Å². The van der Waals surface area contributed by atoms with Crippen LogP contribution in [0.1, 0.15) is 0 Å². The van der Waals surface area contributed by atoms with Crippen molar-refractivity contribution in [3.05, 3.63) is 29.3 Å². The molecular weight excluding hydrogens is 260 g/mol. The van der Waals surface area contributed by atoms with Crippen molar-refractivity contribution in [2.75, 3.05) is 31.1 Å². The Labute approximate surface area is 112 Å². The minimum absolute atomic E-state index is 0.691. The molecule has 0 aromatic heterocycles. The van der Waals surface area contributed by atoms with Crippen molar-refractivity contribution >= 4 is 46.5 Å². The van der Waals surface area contributed by atoms with Gasteiger partial charge in [-0.25, -0.2) is 0 Å². The minimum Gasteiger partial charge on any atom is -0.368 e. The predicted molar refractivity (Wildman–Crippen MR) is 76.8 cm³/mol. The van der Waals surface area contributed by atoms with Gasteiger partial charge in [0.05, 0.1) is 0 Å². The summed E-state index contributed by atoms with van der Waals surface area (Å²) in [6.07, 6.45) is 0. The van der Waals surface area contributed by atoms with E-state index in [1.165, 1.54) is 5.69 Å². The molecule has 0 atom stereocenters. The Morgan fingerprint density at radius 2 is 1.69 bits per heavy atom. The number of benzene rings is 1. The number of thiocarbonyl (C=S) groups is 1. The summed E-state index contributed by atoms with van der Waals surface area (Å²) in [7, 11) is 0. The average molecular weight is 273 g/mol. The van der Waals surface area contributed by atoms with Gasteiger partial charge in [0.2, 0.25) is 0 Å². The molecule has 2 nitrogen and oxygen atoms in total. The highest BCUT2D eigenvalue weighted by atomic mass is 35.5. The Bertz CT molecular complexity index is 372. The standard InChI is InChI=1S/C11H13ClN2S2/c12-9-1-3-10(4-2-9)13-5-7-14(8-6-13)11(15)16/h1-4H,5-8H2,(H,15,16). The van der Waals surface area contributed by atoms with Crippen molar-refractivity contribution in [1.29, 1.82) is 0 Å². The zero-order valence-corrected chi connectivity index (χ0v) is 11.2. The first kappa shape index (κ1) is 12.0. The van der Waals surface area contributed by atoms with Crippen molar-refractivity contribution in [3.63, 3.8) is 0 Å². The molecule has 1 heterocycles. The van der Waals surface area contributed by atoms with Crippen LogP contribution in [0.25, 0.3) is 0 Å². The van der Waals surface area contributed by atoms with Gasteiger partial charge in [0.25, 0.3) is 0 Å². The number of hydrogen-bond donors (Lipinski definition) is 1. The Kier molecular flexibility index (Phi) is 3.95. The molecule has 16 heavy (non-hydrogen) atoms.